The number of furan rings is 1. The molecule has 1 heterocycles. The van der Waals surface area contributed by atoms with Gasteiger partial charge >= 0.3 is 5.97 Å². The summed E-state index contributed by atoms with van der Waals surface area (Å²) in [6, 6.07) is 3.53. The van der Waals surface area contributed by atoms with Crippen molar-refractivity contribution in [2.24, 2.45) is 5.92 Å². The van der Waals surface area contributed by atoms with Gasteiger partial charge in [0.2, 0.25) is 0 Å². The van der Waals surface area contributed by atoms with E-state index in [0.717, 1.165) is 17.9 Å². The van der Waals surface area contributed by atoms with Crippen LogP contribution < -0.4 is 5.32 Å². The Bertz CT molecular complexity index is 386. The van der Waals surface area contributed by atoms with Crippen molar-refractivity contribution in [2.45, 2.75) is 46.2 Å². The molecule has 0 fully saturated rings. The number of esters is 1. The number of aryl methyl sites for hydroxylation is 1. The number of methoxy groups -OCH3 is 1. The van der Waals surface area contributed by atoms with E-state index in [9.17, 15) is 4.79 Å². The van der Waals surface area contributed by atoms with Crippen LogP contribution in [0.4, 0.5) is 0 Å². The van der Waals surface area contributed by atoms with E-state index in [0.29, 0.717) is 0 Å². The molecule has 0 aromatic carbocycles. The third-order valence-corrected chi connectivity index (χ3v) is 3.29. The molecular formula is C14H23NO3. The van der Waals surface area contributed by atoms with Crippen LogP contribution in [0.2, 0.25) is 0 Å². The molecule has 18 heavy (non-hydrogen) atoms. The molecule has 0 bridgehead atoms. The van der Waals surface area contributed by atoms with E-state index in [1.54, 1.807) is 0 Å². The van der Waals surface area contributed by atoms with Crippen LogP contribution in [0.25, 0.3) is 0 Å². The van der Waals surface area contributed by atoms with Gasteiger partial charge < -0.3 is 9.15 Å². The zero-order valence-corrected chi connectivity index (χ0v) is 11.8. The summed E-state index contributed by atoms with van der Waals surface area (Å²) in [4.78, 5) is 11.8. The molecule has 0 aliphatic carbocycles. The van der Waals surface area contributed by atoms with Gasteiger partial charge in [0.05, 0.1) is 13.2 Å². The predicted molar refractivity (Wildman–Crippen MR) is 70.3 cm³/mol. The number of hydrogen-bond donors (Lipinski definition) is 1. The Morgan fingerprint density at radius 1 is 1.44 bits per heavy atom. The molecule has 1 aromatic heterocycles. The van der Waals surface area contributed by atoms with Crippen molar-refractivity contribution in [3.63, 3.8) is 0 Å². The molecule has 0 amide bonds. The second-order valence-electron chi connectivity index (χ2n) is 4.72. The maximum Gasteiger partial charge on any atom is 0.323 e. The van der Waals surface area contributed by atoms with Crippen molar-refractivity contribution in [3.8, 4) is 0 Å². The fourth-order valence-corrected chi connectivity index (χ4v) is 1.86. The monoisotopic (exact) mass is 253 g/mol. The highest BCUT2D eigenvalue weighted by Crippen LogP contribution is 2.19. The van der Waals surface area contributed by atoms with Gasteiger partial charge in [-0.1, -0.05) is 20.3 Å². The molecular weight excluding hydrogens is 230 g/mol. The Balaban J connectivity index is 2.74. The first kappa shape index (κ1) is 14.8. The highest BCUT2D eigenvalue weighted by atomic mass is 16.5. The third kappa shape index (κ3) is 3.60. The summed E-state index contributed by atoms with van der Waals surface area (Å²) in [5, 5.41) is 3.28. The Morgan fingerprint density at radius 3 is 2.56 bits per heavy atom. The molecule has 0 radical (unpaired) electrons. The van der Waals surface area contributed by atoms with Crippen molar-refractivity contribution in [1.29, 1.82) is 0 Å². The van der Waals surface area contributed by atoms with Crippen LogP contribution in [0.3, 0.4) is 0 Å². The van der Waals surface area contributed by atoms with Crippen molar-refractivity contribution in [3.05, 3.63) is 23.7 Å². The minimum absolute atomic E-state index is 0.0169. The molecule has 0 spiro atoms. The smallest absolute Gasteiger partial charge is 0.323 e. The normalized spacial score (nSPS) is 16.1. The van der Waals surface area contributed by atoms with Crippen LogP contribution in [0.15, 0.2) is 16.5 Å². The second kappa shape index (κ2) is 6.59. The summed E-state index contributed by atoms with van der Waals surface area (Å²) in [6.07, 6.45) is 0.913. The first-order valence-corrected chi connectivity index (χ1v) is 6.39. The lowest BCUT2D eigenvalue weighted by atomic mass is 9.98. The summed E-state index contributed by atoms with van der Waals surface area (Å²) < 4.78 is 10.4. The van der Waals surface area contributed by atoms with E-state index in [1.807, 2.05) is 32.9 Å². The SMILES string of the molecule is CCC(C)C(NC(C)c1ccc(C)o1)C(=O)OC. The van der Waals surface area contributed by atoms with Crippen molar-refractivity contribution in [1.82, 2.24) is 5.32 Å². The number of nitrogens with one attached hydrogen (secondary N) is 1. The summed E-state index contributed by atoms with van der Waals surface area (Å²) in [7, 11) is 1.42. The molecule has 3 unspecified atom stereocenters. The van der Waals surface area contributed by atoms with Gasteiger partial charge in [-0.15, -0.1) is 0 Å². The summed E-state index contributed by atoms with van der Waals surface area (Å²) >= 11 is 0. The van der Waals surface area contributed by atoms with Gasteiger partial charge in [0.25, 0.3) is 0 Å². The van der Waals surface area contributed by atoms with Crippen LogP contribution in [0.1, 0.15) is 44.8 Å². The minimum atomic E-state index is -0.305. The second-order valence-corrected chi connectivity index (χ2v) is 4.72. The topological polar surface area (TPSA) is 51.5 Å². The van der Waals surface area contributed by atoms with Gasteiger partial charge in [-0.2, -0.15) is 0 Å². The Labute approximate surface area is 109 Å². The Kier molecular flexibility index (Phi) is 5.41. The standard InChI is InChI=1S/C14H23NO3/c1-6-9(2)13(14(16)17-5)15-11(4)12-8-7-10(3)18-12/h7-9,11,13,15H,6H2,1-5H3. The van der Waals surface area contributed by atoms with E-state index >= 15 is 0 Å². The first-order chi connectivity index (χ1) is 8.49. The molecule has 1 N–H and O–H groups in total. The molecule has 0 aliphatic heterocycles. The van der Waals surface area contributed by atoms with Crippen molar-refractivity contribution in [2.75, 3.05) is 7.11 Å². The lowest BCUT2D eigenvalue weighted by Gasteiger charge is -2.24. The van der Waals surface area contributed by atoms with Crippen molar-refractivity contribution >= 4 is 5.97 Å². The number of rotatable bonds is 6. The highest BCUT2D eigenvalue weighted by Gasteiger charge is 2.27. The average Bonchev–Trinajstić information content (AvgIpc) is 2.80. The molecule has 4 heteroatoms. The predicted octanol–water partition coefficient (Wildman–Crippen LogP) is 2.83. The van der Waals surface area contributed by atoms with Gasteiger partial charge in [-0.25, -0.2) is 0 Å². The Hall–Kier alpha value is -1.29. The van der Waals surface area contributed by atoms with E-state index in [-0.39, 0.29) is 24.0 Å². The van der Waals surface area contributed by atoms with Crippen LogP contribution in [0, 0.1) is 12.8 Å². The van der Waals surface area contributed by atoms with E-state index in [1.165, 1.54) is 7.11 Å². The van der Waals surface area contributed by atoms with Gasteiger partial charge in [0.1, 0.15) is 17.6 Å². The van der Waals surface area contributed by atoms with E-state index < -0.39 is 0 Å². The summed E-state index contributed by atoms with van der Waals surface area (Å²) in [5.41, 5.74) is 0. The number of carbonyl (C=O) groups excluding carboxylic acids is 1. The fraction of sp³-hybridized carbons (Fsp3) is 0.643. The number of carbonyl (C=O) groups is 1. The molecule has 0 aliphatic rings. The minimum Gasteiger partial charge on any atom is -0.468 e. The van der Waals surface area contributed by atoms with Gasteiger partial charge in [0.15, 0.2) is 0 Å². The molecule has 0 saturated carbocycles. The molecule has 0 saturated heterocycles. The molecule has 4 nitrogen and oxygen atoms in total. The van der Waals surface area contributed by atoms with Gasteiger partial charge in [0, 0.05) is 0 Å². The quantitative estimate of drug-likeness (QED) is 0.792. The van der Waals surface area contributed by atoms with Crippen LogP contribution in [-0.4, -0.2) is 19.1 Å². The molecule has 3 atom stereocenters. The zero-order chi connectivity index (χ0) is 13.7. The van der Waals surface area contributed by atoms with Crippen LogP contribution >= 0.6 is 0 Å². The lowest BCUT2D eigenvalue weighted by Crippen LogP contribution is -2.43. The zero-order valence-electron chi connectivity index (χ0n) is 11.8. The molecule has 1 rings (SSSR count). The fourth-order valence-electron chi connectivity index (χ4n) is 1.86. The van der Waals surface area contributed by atoms with Gasteiger partial charge in [-0.3, -0.25) is 10.1 Å². The van der Waals surface area contributed by atoms with E-state index in [2.05, 4.69) is 12.2 Å². The average molecular weight is 253 g/mol. The number of hydrogen-bond acceptors (Lipinski definition) is 4. The highest BCUT2D eigenvalue weighted by molar-refractivity contribution is 5.76. The Morgan fingerprint density at radius 2 is 2.11 bits per heavy atom. The van der Waals surface area contributed by atoms with Crippen molar-refractivity contribution < 1.29 is 13.9 Å². The summed E-state index contributed by atoms with van der Waals surface area (Å²) in [6.45, 7) is 7.98. The van der Waals surface area contributed by atoms with Crippen LogP contribution in [0.5, 0.6) is 0 Å². The maximum atomic E-state index is 11.8. The first-order valence-electron chi connectivity index (χ1n) is 6.39. The third-order valence-electron chi connectivity index (χ3n) is 3.29. The number of ether oxygens (including phenoxy) is 1. The maximum absolute atomic E-state index is 11.8. The lowest BCUT2D eigenvalue weighted by molar-refractivity contribution is -0.144. The molecule has 102 valence electrons. The van der Waals surface area contributed by atoms with E-state index in [4.69, 9.17) is 9.15 Å². The summed E-state index contributed by atoms with van der Waals surface area (Å²) in [5.74, 6) is 1.71. The van der Waals surface area contributed by atoms with Crippen LogP contribution in [-0.2, 0) is 9.53 Å². The largest absolute Gasteiger partial charge is 0.468 e. The van der Waals surface area contributed by atoms with Gasteiger partial charge in [-0.05, 0) is 31.9 Å². The molecule has 1 aromatic rings.